The quantitative estimate of drug-likeness (QED) is 0.662. The first-order chi connectivity index (χ1) is 11.6. The van der Waals surface area contributed by atoms with Crippen LogP contribution < -0.4 is 16.8 Å². The van der Waals surface area contributed by atoms with Crippen LogP contribution in [0.3, 0.4) is 0 Å². The zero-order valence-electron chi connectivity index (χ0n) is 14.2. The number of nitrogens with two attached hydrogens (primary N) is 2. The summed E-state index contributed by atoms with van der Waals surface area (Å²) in [5.41, 5.74) is 17.0. The van der Waals surface area contributed by atoms with Gasteiger partial charge in [0.05, 0.1) is 16.9 Å². The van der Waals surface area contributed by atoms with Gasteiger partial charge in [0.25, 0.3) is 0 Å². The maximum Gasteiger partial charge on any atom is 0.149 e. The van der Waals surface area contributed by atoms with E-state index in [9.17, 15) is 0 Å². The number of benzene rings is 2. The molecule has 0 saturated heterocycles. The minimum absolute atomic E-state index is 0.380. The Balaban J connectivity index is 2.13. The van der Waals surface area contributed by atoms with Crippen molar-refractivity contribution in [2.75, 3.05) is 23.3 Å². The third-order valence-electron chi connectivity index (χ3n) is 4.09. The van der Waals surface area contributed by atoms with Crippen LogP contribution in [0.25, 0.3) is 10.9 Å². The summed E-state index contributed by atoms with van der Waals surface area (Å²) in [5.74, 6) is 0.890. The summed E-state index contributed by atoms with van der Waals surface area (Å²) in [7, 11) is 0. The Kier molecular flexibility index (Phi) is 4.56. The summed E-state index contributed by atoms with van der Waals surface area (Å²) in [6.07, 6.45) is 0.833. The van der Waals surface area contributed by atoms with E-state index in [1.807, 2.05) is 18.2 Å². The van der Waals surface area contributed by atoms with Crippen LogP contribution in [0.1, 0.15) is 25.0 Å². The van der Waals surface area contributed by atoms with Crippen molar-refractivity contribution in [2.45, 2.75) is 20.3 Å². The molecule has 3 aromatic rings. The van der Waals surface area contributed by atoms with E-state index in [1.165, 1.54) is 11.1 Å². The first-order valence-corrected chi connectivity index (χ1v) is 8.30. The Morgan fingerprint density at radius 2 is 1.75 bits per heavy atom. The molecule has 0 aliphatic carbocycles. The molecule has 1 heterocycles. The van der Waals surface area contributed by atoms with Crippen LogP contribution >= 0.6 is 0 Å². The zero-order valence-corrected chi connectivity index (χ0v) is 14.2. The van der Waals surface area contributed by atoms with Gasteiger partial charge in [-0.1, -0.05) is 56.3 Å². The Morgan fingerprint density at radius 1 is 1.00 bits per heavy atom. The lowest BCUT2D eigenvalue weighted by Crippen LogP contribution is -2.12. The Labute approximate surface area is 142 Å². The maximum absolute atomic E-state index is 6.25. The summed E-state index contributed by atoms with van der Waals surface area (Å²) >= 11 is 0. The van der Waals surface area contributed by atoms with Crippen molar-refractivity contribution >= 4 is 28.1 Å². The van der Waals surface area contributed by atoms with Gasteiger partial charge < -0.3 is 16.8 Å². The molecule has 0 fully saturated rings. The summed E-state index contributed by atoms with van der Waals surface area (Å²) in [4.78, 5) is 4.48. The number of rotatable bonds is 5. The number of fused-ring (bicyclic) bond motifs is 1. The molecule has 124 valence electrons. The molecule has 0 aliphatic rings. The van der Waals surface area contributed by atoms with Crippen LogP contribution in [0.15, 0.2) is 48.5 Å². The molecule has 5 N–H and O–H groups in total. The molecule has 0 bridgehead atoms. The van der Waals surface area contributed by atoms with Gasteiger partial charge in [-0.05, 0) is 29.5 Å². The van der Waals surface area contributed by atoms with E-state index in [4.69, 9.17) is 11.5 Å². The Hall–Kier alpha value is -2.75. The van der Waals surface area contributed by atoms with Crippen LogP contribution in [0, 0.1) is 5.92 Å². The lowest BCUT2D eigenvalue weighted by molar-refractivity contribution is 0.689. The fraction of sp³-hybridized carbons (Fsp3) is 0.250. The summed E-state index contributed by atoms with van der Waals surface area (Å²) in [6, 6.07) is 16.6. The van der Waals surface area contributed by atoms with E-state index < -0.39 is 0 Å². The molecular weight excluding hydrogens is 296 g/mol. The van der Waals surface area contributed by atoms with E-state index in [1.54, 1.807) is 0 Å². The van der Waals surface area contributed by atoms with Crippen molar-refractivity contribution in [3.8, 4) is 0 Å². The van der Waals surface area contributed by atoms with E-state index in [-0.39, 0.29) is 0 Å². The second-order valence-electron chi connectivity index (χ2n) is 6.53. The van der Waals surface area contributed by atoms with Crippen molar-refractivity contribution < 1.29 is 0 Å². The van der Waals surface area contributed by atoms with E-state index in [0.29, 0.717) is 17.4 Å². The zero-order chi connectivity index (χ0) is 17.1. The highest BCUT2D eigenvalue weighted by Gasteiger charge is 2.14. The number of nitrogens with zero attached hydrogens (tertiary/aromatic N) is 1. The lowest BCUT2D eigenvalue weighted by Gasteiger charge is -2.18. The van der Waals surface area contributed by atoms with Gasteiger partial charge in [0.1, 0.15) is 5.82 Å². The number of hydrogen-bond donors (Lipinski definition) is 3. The van der Waals surface area contributed by atoms with Gasteiger partial charge >= 0.3 is 0 Å². The van der Waals surface area contributed by atoms with Gasteiger partial charge in [-0.2, -0.15) is 0 Å². The predicted octanol–water partition coefficient (Wildman–Crippen LogP) is 4.06. The maximum atomic E-state index is 6.25. The standard InChI is InChI=1S/C20H24N4/c1-13(2)12-23-19-17-15(11-14-7-4-3-5-8-14)9-6-10-16(17)24-20(22)18(19)21/h3-10,13H,11-12,21H2,1-2H3,(H3,22,23,24). The van der Waals surface area contributed by atoms with Crippen molar-refractivity contribution in [3.05, 3.63) is 59.7 Å². The Bertz CT molecular complexity index is 841. The number of nitrogens with one attached hydrogen (secondary N) is 1. The van der Waals surface area contributed by atoms with E-state index in [2.05, 4.69) is 54.5 Å². The predicted molar refractivity (Wildman–Crippen MR) is 103 cm³/mol. The molecule has 0 atom stereocenters. The van der Waals surface area contributed by atoms with Crippen molar-refractivity contribution in [3.63, 3.8) is 0 Å². The molecule has 3 rings (SSSR count). The summed E-state index contributed by atoms with van der Waals surface area (Å²) < 4.78 is 0. The molecular formula is C20H24N4. The van der Waals surface area contributed by atoms with Crippen molar-refractivity contribution in [1.29, 1.82) is 0 Å². The highest BCUT2D eigenvalue weighted by atomic mass is 15.0. The number of hydrogen-bond acceptors (Lipinski definition) is 4. The number of nitrogen functional groups attached to an aromatic ring is 2. The molecule has 0 spiro atoms. The van der Waals surface area contributed by atoms with Gasteiger partial charge in [0.2, 0.25) is 0 Å². The highest BCUT2D eigenvalue weighted by Crippen LogP contribution is 2.35. The van der Waals surface area contributed by atoms with Crippen LogP contribution in [-0.4, -0.2) is 11.5 Å². The minimum Gasteiger partial charge on any atom is -0.394 e. The molecule has 1 aromatic heterocycles. The fourth-order valence-corrected chi connectivity index (χ4v) is 2.87. The van der Waals surface area contributed by atoms with E-state index >= 15 is 0 Å². The lowest BCUT2D eigenvalue weighted by atomic mass is 9.98. The van der Waals surface area contributed by atoms with Gasteiger partial charge in [0, 0.05) is 11.9 Å². The summed E-state index contributed by atoms with van der Waals surface area (Å²) in [6.45, 7) is 5.17. The molecule has 0 amide bonds. The van der Waals surface area contributed by atoms with Crippen LogP contribution in [-0.2, 0) is 6.42 Å². The third-order valence-corrected chi connectivity index (χ3v) is 4.09. The number of aromatic nitrogens is 1. The largest absolute Gasteiger partial charge is 0.394 e. The molecule has 2 aromatic carbocycles. The monoisotopic (exact) mass is 320 g/mol. The van der Waals surface area contributed by atoms with Crippen LogP contribution in [0.2, 0.25) is 0 Å². The fourth-order valence-electron chi connectivity index (χ4n) is 2.87. The van der Waals surface area contributed by atoms with Crippen LogP contribution in [0.4, 0.5) is 17.2 Å². The van der Waals surface area contributed by atoms with Crippen molar-refractivity contribution in [2.24, 2.45) is 5.92 Å². The second-order valence-corrected chi connectivity index (χ2v) is 6.53. The smallest absolute Gasteiger partial charge is 0.149 e. The summed E-state index contributed by atoms with van der Waals surface area (Å²) in [5, 5.41) is 4.54. The topological polar surface area (TPSA) is 77.0 Å². The first kappa shape index (κ1) is 16.1. The normalized spacial score (nSPS) is 11.1. The van der Waals surface area contributed by atoms with Crippen molar-refractivity contribution in [1.82, 2.24) is 4.98 Å². The third kappa shape index (κ3) is 3.27. The van der Waals surface area contributed by atoms with Gasteiger partial charge in [-0.25, -0.2) is 4.98 Å². The molecule has 0 saturated carbocycles. The average molecular weight is 320 g/mol. The van der Waals surface area contributed by atoms with Gasteiger partial charge in [-0.15, -0.1) is 0 Å². The number of anilines is 3. The minimum atomic E-state index is 0.380. The highest BCUT2D eigenvalue weighted by molar-refractivity contribution is 6.02. The SMILES string of the molecule is CC(C)CNc1c(N)c(N)nc2cccc(Cc3ccccc3)c12. The average Bonchev–Trinajstić information content (AvgIpc) is 2.56. The van der Waals surface area contributed by atoms with E-state index in [0.717, 1.165) is 29.6 Å². The van der Waals surface area contributed by atoms with Crippen LogP contribution in [0.5, 0.6) is 0 Å². The Morgan fingerprint density at radius 3 is 2.46 bits per heavy atom. The second kappa shape index (κ2) is 6.79. The first-order valence-electron chi connectivity index (χ1n) is 8.30. The molecule has 0 radical (unpaired) electrons. The molecule has 4 heteroatoms. The number of pyridine rings is 1. The molecule has 0 unspecified atom stereocenters. The van der Waals surface area contributed by atoms with Gasteiger partial charge in [0.15, 0.2) is 0 Å². The molecule has 0 aliphatic heterocycles. The van der Waals surface area contributed by atoms with Gasteiger partial charge in [-0.3, -0.25) is 0 Å². The molecule has 24 heavy (non-hydrogen) atoms. The molecule has 4 nitrogen and oxygen atoms in total.